The Morgan fingerprint density at radius 2 is 1.96 bits per heavy atom. The fourth-order valence-corrected chi connectivity index (χ4v) is 2.39. The number of aryl methyl sites for hydroxylation is 1. The molecule has 0 aromatic heterocycles. The number of carbonyl (C=O) groups excluding carboxylic acids is 1. The predicted octanol–water partition coefficient (Wildman–Crippen LogP) is 3.62. The van der Waals surface area contributed by atoms with Crippen LogP contribution in [0.4, 0.5) is 5.69 Å². The molecule has 2 rings (SSSR count). The van der Waals surface area contributed by atoms with Gasteiger partial charge in [0.15, 0.2) is 0 Å². The van der Waals surface area contributed by atoms with E-state index in [0.717, 1.165) is 24.2 Å². The van der Waals surface area contributed by atoms with Crippen LogP contribution in [-0.2, 0) is 6.42 Å². The van der Waals surface area contributed by atoms with Gasteiger partial charge in [-0.3, -0.25) is 14.9 Å². The quantitative estimate of drug-likeness (QED) is 0.470. The summed E-state index contributed by atoms with van der Waals surface area (Å²) < 4.78 is 5.10. The fourth-order valence-electron chi connectivity index (χ4n) is 2.18. The number of benzene rings is 2. The molecule has 0 aliphatic heterocycles. The lowest BCUT2D eigenvalue weighted by atomic mass is 10.1. The van der Waals surface area contributed by atoms with E-state index in [1.54, 1.807) is 7.11 Å². The van der Waals surface area contributed by atoms with Crippen LogP contribution in [0.15, 0.2) is 42.5 Å². The van der Waals surface area contributed by atoms with Gasteiger partial charge in [-0.1, -0.05) is 23.7 Å². The minimum absolute atomic E-state index is 0.107. The van der Waals surface area contributed by atoms with Crippen molar-refractivity contribution < 1.29 is 14.5 Å². The van der Waals surface area contributed by atoms with E-state index in [0.29, 0.717) is 6.54 Å². The average Bonchev–Trinajstić information content (AvgIpc) is 2.59. The van der Waals surface area contributed by atoms with Gasteiger partial charge in [0.2, 0.25) is 0 Å². The number of nitro groups is 1. The minimum Gasteiger partial charge on any atom is -0.497 e. The zero-order valence-electron chi connectivity index (χ0n) is 13.1. The van der Waals surface area contributed by atoms with Gasteiger partial charge in [0.05, 0.1) is 22.6 Å². The Labute approximate surface area is 144 Å². The van der Waals surface area contributed by atoms with Crippen LogP contribution in [-0.4, -0.2) is 24.5 Å². The van der Waals surface area contributed by atoms with Gasteiger partial charge in [0.25, 0.3) is 11.6 Å². The minimum atomic E-state index is -0.559. The van der Waals surface area contributed by atoms with Crippen molar-refractivity contribution >= 4 is 23.2 Å². The van der Waals surface area contributed by atoms with Crippen molar-refractivity contribution in [3.63, 3.8) is 0 Å². The van der Waals surface area contributed by atoms with Crippen LogP contribution in [0.25, 0.3) is 0 Å². The lowest BCUT2D eigenvalue weighted by molar-refractivity contribution is -0.384. The number of ether oxygens (including phenoxy) is 1. The number of hydrogen-bond donors (Lipinski definition) is 1. The van der Waals surface area contributed by atoms with Crippen LogP contribution >= 0.6 is 11.6 Å². The van der Waals surface area contributed by atoms with Crippen LogP contribution in [0.1, 0.15) is 22.3 Å². The first-order valence-electron chi connectivity index (χ1n) is 7.36. The third-order valence-electron chi connectivity index (χ3n) is 3.49. The molecule has 1 N–H and O–H groups in total. The number of nitrogens with one attached hydrogen (secondary N) is 1. The number of nitro benzene ring substituents is 1. The van der Waals surface area contributed by atoms with Crippen LogP contribution < -0.4 is 10.1 Å². The van der Waals surface area contributed by atoms with E-state index in [9.17, 15) is 14.9 Å². The van der Waals surface area contributed by atoms with Gasteiger partial charge in [-0.15, -0.1) is 0 Å². The number of rotatable bonds is 7. The number of nitrogens with zero attached hydrogens (tertiary/aromatic N) is 1. The van der Waals surface area contributed by atoms with Crippen LogP contribution in [0.5, 0.6) is 5.75 Å². The molecule has 2 aromatic rings. The van der Waals surface area contributed by atoms with Gasteiger partial charge >= 0.3 is 0 Å². The van der Waals surface area contributed by atoms with E-state index in [1.807, 2.05) is 24.3 Å². The standard InChI is InChI=1S/C17H17ClN2O4/c1-24-14-7-4-12(5-8-14)3-2-10-19-17(21)15-11-13(20(22)23)6-9-16(15)18/h4-9,11H,2-3,10H2,1H3,(H,19,21). The molecule has 6 nitrogen and oxygen atoms in total. The molecule has 0 unspecified atom stereocenters. The molecule has 126 valence electrons. The summed E-state index contributed by atoms with van der Waals surface area (Å²) in [6, 6.07) is 11.5. The van der Waals surface area contributed by atoms with E-state index >= 15 is 0 Å². The summed E-state index contributed by atoms with van der Waals surface area (Å²) in [6.45, 7) is 0.448. The Morgan fingerprint density at radius 3 is 2.58 bits per heavy atom. The molecule has 24 heavy (non-hydrogen) atoms. The maximum Gasteiger partial charge on any atom is 0.270 e. The molecular formula is C17H17ClN2O4. The molecule has 0 atom stereocenters. The van der Waals surface area contributed by atoms with Crippen molar-refractivity contribution in [1.29, 1.82) is 0 Å². The molecule has 0 saturated carbocycles. The average molecular weight is 349 g/mol. The third-order valence-corrected chi connectivity index (χ3v) is 3.82. The summed E-state index contributed by atoms with van der Waals surface area (Å²) in [5, 5.41) is 13.7. The van der Waals surface area contributed by atoms with E-state index in [2.05, 4.69) is 5.32 Å². The normalized spacial score (nSPS) is 10.2. The van der Waals surface area contributed by atoms with Crippen LogP contribution in [0, 0.1) is 10.1 Å². The Hall–Kier alpha value is -2.60. The summed E-state index contributed by atoms with van der Waals surface area (Å²) in [4.78, 5) is 22.3. The second-order valence-electron chi connectivity index (χ2n) is 5.13. The molecule has 0 aliphatic rings. The van der Waals surface area contributed by atoms with Gasteiger partial charge < -0.3 is 10.1 Å². The Bertz CT molecular complexity index is 732. The van der Waals surface area contributed by atoms with Crippen LogP contribution in [0.3, 0.4) is 0 Å². The Balaban J connectivity index is 1.86. The van der Waals surface area contributed by atoms with Gasteiger partial charge in [0.1, 0.15) is 5.75 Å². The number of non-ortho nitro benzene ring substituents is 1. The summed E-state index contributed by atoms with van der Waals surface area (Å²) >= 11 is 5.94. The fraction of sp³-hybridized carbons (Fsp3) is 0.235. The zero-order valence-corrected chi connectivity index (χ0v) is 13.9. The topological polar surface area (TPSA) is 81.5 Å². The summed E-state index contributed by atoms with van der Waals surface area (Å²) in [5.74, 6) is 0.380. The third kappa shape index (κ3) is 4.70. The van der Waals surface area contributed by atoms with Crippen molar-refractivity contribution in [2.45, 2.75) is 12.8 Å². The first-order valence-corrected chi connectivity index (χ1v) is 7.74. The van der Waals surface area contributed by atoms with Crippen molar-refractivity contribution in [3.05, 3.63) is 68.7 Å². The molecule has 0 saturated heterocycles. The predicted molar refractivity (Wildman–Crippen MR) is 91.8 cm³/mol. The Morgan fingerprint density at radius 1 is 1.25 bits per heavy atom. The summed E-state index contributed by atoms with van der Waals surface area (Å²) in [5.41, 5.74) is 1.08. The number of methoxy groups -OCH3 is 1. The van der Waals surface area contributed by atoms with E-state index in [1.165, 1.54) is 18.2 Å². The summed E-state index contributed by atoms with van der Waals surface area (Å²) in [6.07, 6.45) is 1.54. The zero-order chi connectivity index (χ0) is 17.5. The second-order valence-corrected chi connectivity index (χ2v) is 5.54. The van der Waals surface area contributed by atoms with Crippen molar-refractivity contribution in [1.82, 2.24) is 5.32 Å². The maximum absolute atomic E-state index is 12.1. The molecule has 0 aliphatic carbocycles. The highest BCUT2D eigenvalue weighted by molar-refractivity contribution is 6.33. The van der Waals surface area contributed by atoms with E-state index in [-0.39, 0.29) is 16.3 Å². The first kappa shape index (κ1) is 17.7. The highest BCUT2D eigenvalue weighted by Crippen LogP contribution is 2.22. The van der Waals surface area contributed by atoms with E-state index in [4.69, 9.17) is 16.3 Å². The molecule has 7 heteroatoms. The molecule has 0 bridgehead atoms. The lowest BCUT2D eigenvalue weighted by Gasteiger charge is -2.07. The molecule has 0 radical (unpaired) electrons. The first-order chi connectivity index (χ1) is 11.5. The summed E-state index contributed by atoms with van der Waals surface area (Å²) in [7, 11) is 1.61. The van der Waals surface area contributed by atoms with Gasteiger partial charge in [0, 0.05) is 18.7 Å². The van der Waals surface area contributed by atoms with Gasteiger partial charge in [-0.2, -0.15) is 0 Å². The van der Waals surface area contributed by atoms with Gasteiger partial charge in [-0.05, 0) is 36.6 Å². The maximum atomic E-state index is 12.1. The lowest BCUT2D eigenvalue weighted by Crippen LogP contribution is -2.25. The number of hydrogen-bond acceptors (Lipinski definition) is 4. The largest absolute Gasteiger partial charge is 0.497 e. The van der Waals surface area contributed by atoms with Crippen molar-refractivity contribution in [2.75, 3.05) is 13.7 Å². The van der Waals surface area contributed by atoms with Gasteiger partial charge in [-0.25, -0.2) is 0 Å². The molecule has 2 aromatic carbocycles. The SMILES string of the molecule is COc1ccc(CCCNC(=O)c2cc([N+](=O)[O-])ccc2Cl)cc1. The molecule has 0 spiro atoms. The van der Waals surface area contributed by atoms with Crippen molar-refractivity contribution in [3.8, 4) is 5.75 Å². The number of amides is 1. The smallest absolute Gasteiger partial charge is 0.270 e. The highest BCUT2D eigenvalue weighted by atomic mass is 35.5. The van der Waals surface area contributed by atoms with Crippen molar-refractivity contribution in [2.24, 2.45) is 0 Å². The number of halogens is 1. The Kier molecular flexibility index (Phi) is 6.14. The van der Waals surface area contributed by atoms with E-state index < -0.39 is 10.8 Å². The molecule has 0 heterocycles. The second kappa shape index (κ2) is 8.31. The van der Waals surface area contributed by atoms with Crippen LogP contribution in [0.2, 0.25) is 5.02 Å². The molecule has 0 fully saturated rings. The molecular weight excluding hydrogens is 332 g/mol. The monoisotopic (exact) mass is 348 g/mol. The highest BCUT2D eigenvalue weighted by Gasteiger charge is 2.15. The number of carbonyl (C=O) groups is 1. The molecule has 1 amide bonds.